The van der Waals surface area contributed by atoms with Gasteiger partial charge in [-0.1, -0.05) is 25.5 Å². The average Bonchev–Trinajstić information content (AvgIpc) is 2.13. The van der Waals surface area contributed by atoms with Crippen LogP contribution in [0.2, 0.25) is 0 Å². The molecule has 0 spiro atoms. The van der Waals surface area contributed by atoms with E-state index in [0.29, 0.717) is 19.5 Å². The summed E-state index contributed by atoms with van der Waals surface area (Å²) < 4.78 is 0. The van der Waals surface area contributed by atoms with Gasteiger partial charge in [-0.15, -0.1) is 0 Å². The van der Waals surface area contributed by atoms with Crippen LogP contribution in [-0.2, 0) is 0 Å². The molecule has 0 aliphatic rings. The van der Waals surface area contributed by atoms with Crippen molar-refractivity contribution in [3.8, 4) is 0 Å². The van der Waals surface area contributed by atoms with Gasteiger partial charge in [-0.05, 0) is 12.8 Å². The Bertz CT molecular complexity index is 126. The van der Waals surface area contributed by atoms with E-state index in [2.05, 4.69) is 18.3 Å². The van der Waals surface area contributed by atoms with Gasteiger partial charge in [0.2, 0.25) is 0 Å². The molecule has 0 radical (unpaired) electrons. The highest BCUT2D eigenvalue weighted by Gasteiger charge is 1.98. The van der Waals surface area contributed by atoms with Crippen LogP contribution >= 0.6 is 0 Å². The van der Waals surface area contributed by atoms with Crippen molar-refractivity contribution in [2.75, 3.05) is 19.7 Å². The standard InChI is InChI=1S/C10H21NO2/c1-2-3-4-5-6-10(13)9-11-7-8-12/h4-5,10-13H,2-3,6-9H2,1H3/b5-4+. The molecule has 0 aromatic carbocycles. The number of allylic oxidation sites excluding steroid dienone is 1. The van der Waals surface area contributed by atoms with E-state index >= 15 is 0 Å². The maximum absolute atomic E-state index is 9.38. The van der Waals surface area contributed by atoms with Gasteiger partial charge in [0, 0.05) is 13.1 Å². The summed E-state index contributed by atoms with van der Waals surface area (Å²) in [5.74, 6) is 0. The van der Waals surface area contributed by atoms with Gasteiger partial charge in [0.05, 0.1) is 12.7 Å². The molecule has 13 heavy (non-hydrogen) atoms. The zero-order chi connectivity index (χ0) is 9.94. The van der Waals surface area contributed by atoms with Crippen LogP contribution in [0.15, 0.2) is 12.2 Å². The normalized spacial score (nSPS) is 13.8. The lowest BCUT2D eigenvalue weighted by Gasteiger charge is -2.08. The van der Waals surface area contributed by atoms with Gasteiger partial charge in [-0.25, -0.2) is 0 Å². The Labute approximate surface area is 80.5 Å². The molecule has 0 amide bonds. The van der Waals surface area contributed by atoms with Crippen LogP contribution in [0.25, 0.3) is 0 Å². The second-order valence-electron chi connectivity index (χ2n) is 3.08. The lowest BCUT2D eigenvalue weighted by Crippen LogP contribution is -2.28. The maximum atomic E-state index is 9.38. The Morgan fingerprint density at radius 3 is 2.77 bits per heavy atom. The van der Waals surface area contributed by atoms with Gasteiger partial charge in [-0.2, -0.15) is 0 Å². The molecule has 0 aliphatic heterocycles. The van der Waals surface area contributed by atoms with Crippen LogP contribution in [0.4, 0.5) is 0 Å². The Hall–Kier alpha value is -0.380. The predicted octanol–water partition coefficient (Wildman–Crippen LogP) is 0.676. The molecule has 0 aliphatic carbocycles. The van der Waals surface area contributed by atoms with E-state index < -0.39 is 0 Å². The molecule has 0 heterocycles. The Morgan fingerprint density at radius 1 is 1.38 bits per heavy atom. The molecule has 3 nitrogen and oxygen atoms in total. The van der Waals surface area contributed by atoms with Gasteiger partial charge in [0.1, 0.15) is 0 Å². The molecule has 3 N–H and O–H groups in total. The van der Waals surface area contributed by atoms with E-state index in [1.54, 1.807) is 0 Å². The zero-order valence-corrected chi connectivity index (χ0v) is 8.37. The Kier molecular flexibility index (Phi) is 9.42. The van der Waals surface area contributed by atoms with Crippen LogP contribution in [0.5, 0.6) is 0 Å². The van der Waals surface area contributed by atoms with Crippen molar-refractivity contribution in [3.63, 3.8) is 0 Å². The number of nitrogens with one attached hydrogen (secondary N) is 1. The Balaban J connectivity index is 3.23. The van der Waals surface area contributed by atoms with Crippen LogP contribution < -0.4 is 5.32 Å². The first kappa shape index (κ1) is 12.6. The van der Waals surface area contributed by atoms with Crippen molar-refractivity contribution < 1.29 is 10.2 Å². The molecule has 3 heteroatoms. The number of hydrogen-bond acceptors (Lipinski definition) is 3. The molecule has 1 atom stereocenters. The third-order valence-corrected chi connectivity index (χ3v) is 1.70. The third-order valence-electron chi connectivity index (χ3n) is 1.70. The minimum atomic E-state index is -0.334. The maximum Gasteiger partial charge on any atom is 0.0698 e. The van der Waals surface area contributed by atoms with E-state index in [9.17, 15) is 5.11 Å². The van der Waals surface area contributed by atoms with Crippen LogP contribution in [-0.4, -0.2) is 36.0 Å². The van der Waals surface area contributed by atoms with Crippen LogP contribution in [0.3, 0.4) is 0 Å². The monoisotopic (exact) mass is 187 g/mol. The van der Waals surface area contributed by atoms with Crippen molar-refractivity contribution in [1.29, 1.82) is 0 Å². The largest absolute Gasteiger partial charge is 0.395 e. The molecule has 0 aromatic rings. The van der Waals surface area contributed by atoms with Gasteiger partial charge >= 0.3 is 0 Å². The van der Waals surface area contributed by atoms with Crippen LogP contribution in [0.1, 0.15) is 26.2 Å². The average molecular weight is 187 g/mol. The van der Waals surface area contributed by atoms with Crippen molar-refractivity contribution >= 4 is 0 Å². The summed E-state index contributed by atoms with van der Waals surface area (Å²) in [6.45, 7) is 3.36. The summed E-state index contributed by atoms with van der Waals surface area (Å²) in [7, 11) is 0. The molecular formula is C10H21NO2. The van der Waals surface area contributed by atoms with Gasteiger partial charge < -0.3 is 15.5 Å². The van der Waals surface area contributed by atoms with E-state index in [-0.39, 0.29) is 12.7 Å². The second-order valence-corrected chi connectivity index (χ2v) is 3.08. The third kappa shape index (κ3) is 9.53. The number of aliphatic hydroxyl groups is 2. The zero-order valence-electron chi connectivity index (χ0n) is 8.37. The molecule has 0 saturated carbocycles. The molecule has 0 saturated heterocycles. The first-order chi connectivity index (χ1) is 6.31. The van der Waals surface area contributed by atoms with E-state index in [1.165, 1.54) is 0 Å². The summed E-state index contributed by atoms with van der Waals surface area (Å²) >= 11 is 0. The van der Waals surface area contributed by atoms with Crippen molar-refractivity contribution in [1.82, 2.24) is 5.32 Å². The number of aliphatic hydroxyl groups excluding tert-OH is 2. The number of unbranched alkanes of at least 4 members (excludes halogenated alkanes) is 1. The fraction of sp³-hybridized carbons (Fsp3) is 0.800. The van der Waals surface area contributed by atoms with Crippen LogP contribution in [0, 0.1) is 0 Å². The summed E-state index contributed by atoms with van der Waals surface area (Å²) in [5, 5.41) is 20.8. The highest BCUT2D eigenvalue weighted by molar-refractivity contribution is 4.84. The van der Waals surface area contributed by atoms with Gasteiger partial charge in [-0.3, -0.25) is 0 Å². The van der Waals surface area contributed by atoms with E-state index in [1.807, 2.05) is 6.08 Å². The molecule has 0 aromatic heterocycles. The molecule has 0 rings (SSSR count). The number of rotatable bonds is 8. The highest BCUT2D eigenvalue weighted by Crippen LogP contribution is 1.95. The first-order valence-electron chi connectivity index (χ1n) is 4.95. The number of hydrogen-bond donors (Lipinski definition) is 3. The van der Waals surface area contributed by atoms with E-state index in [0.717, 1.165) is 12.8 Å². The fourth-order valence-corrected chi connectivity index (χ4v) is 0.969. The second kappa shape index (κ2) is 9.71. The van der Waals surface area contributed by atoms with Crippen molar-refractivity contribution in [3.05, 3.63) is 12.2 Å². The fourth-order valence-electron chi connectivity index (χ4n) is 0.969. The van der Waals surface area contributed by atoms with Gasteiger partial charge in [0.25, 0.3) is 0 Å². The lowest BCUT2D eigenvalue weighted by molar-refractivity contribution is 0.171. The summed E-state index contributed by atoms with van der Waals surface area (Å²) in [5.41, 5.74) is 0. The lowest BCUT2D eigenvalue weighted by atomic mass is 10.2. The minimum Gasteiger partial charge on any atom is -0.395 e. The molecule has 78 valence electrons. The molecular weight excluding hydrogens is 166 g/mol. The Morgan fingerprint density at radius 2 is 2.15 bits per heavy atom. The van der Waals surface area contributed by atoms with E-state index in [4.69, 9.17) is 5.11 Å². The smallest absolute Gasteiger partial charge is 0.0698 e. The van der Waals surface area contributed by atoms with Gasteiger partial charge in [0.15, 0.2) is 0 Å². The summed E-state index contributed by atoms with van der Waals surface area (Å²) in [6, 6.07) is 0. The van der Waals surface area contributed by atoms with Crippen molar-refractivity contribution in [2.24, 2.45) is 0 Å². The minimum absolute atomic E-state index is 0.123. The SMILES string of the molecule is CCC/C=C/CC(O)CNCCO. The quantitative estimate of drug-likeness (QED) is 0.387. The molecule has 1 unspecified atom stereocenters. The summed E-state index contributed by atoms with van der Waals surface area (Å²) in [6.07, 6.45) is 6.69. The molecule has 0 fully saturated rings. The molecule has 0 bridgehead atoms. The predicted molar refractivity (Wildman–Crippen MR) is 54.6 cm³/mol. The highest BCUT2D eigenvalue weighted by atomic mass is 16.3. The van der Waals surface area contributed by atoms with Crippen molar-refractivity contribution in [2.45, 2.75) is 32.3 Å². The summed E-state index contributed by atoms with van der Waals surface area (Å²) in [4.78, 5) is 0. The first-order valence-corrected chi connectivity index (χ1v) is 4.95. The topological polar surface area (TPSA) is 52.5 Å².